The highest BCUT2D eigenvalue weighted by molar-refractivity contribution is 6.30. The van der Waals surface area contributed by atoms with Crippen LogP contribution in [0.4, 0.5) is 0 Å². The molecule has 0 radical (unpaired) electrons. The number of aryl methyl sites for hydroxylation is 1. The molecule has 1 aliphatic rings. The van der Waals surface area contributed by atoms with Crippen LogP contribution in [0.25, 0.3) is 0 Å². The summed E-state index contributed by atoms with van der Waals surface area (Å²) in [5, 5.41) is 0.585. The van der Waals surface area contributed by atoms with Crippen molar-refractivity contribution in [1.29, 1.82) is 0 Å². The first-order chi connectivity index (χ1) is 16.4. The van der Waals surface area contributed by atoms with Crippen molar-refractivity contribution in [2.24, 2.45) is 5.92 Å². The third kappa shape index (κ3) is 5.97. The number of nitrogens with zero attached hydrogens (tertiary/aromatic N) is 3. The fraction of sp³-hybridized carbons (Fsp3) is 0.346. The lowest BCUT2D eigenvalue weighted by Gasteiger charge is -2.38. The molecule has 7 nitrogen and oxygen atoms in total. The fourth-order valence-electron chi connectivity index (χ4n) is 4.21. The summed E-state index contributed by atoms with van der Waals surface area (Å²) in [5.74, 6) is 0.708. The molecular formula is C26H28ClN3O4. The van der Waals surface area contributed by atoms with E-state index in [1.807, 2.05) is 42.5 Å². The van der Waals surface area contributed by atoms with Gasteiger partial charge < -0.3 is 19.0 Å². The van der Waals surface area contributed by atoms with E-state index in [1.54, 1.807) is 35.9 Å². The summed E-state index contributed by atoms with van der Waals surface area (Å²) in [6, 6.07) is 17.1. The number of hydrogen-bond acceptors (Lipinski definition) is 5. The quantitative estimate of drug-likeness (QED) is 0.493. The SMILES string of the molecule is Cc1nc(C(=O)N2CC[C@H](Oc3cccc(Cl)c3)[C@@H](CC(=O)N(C)Cc3ccccc3)C2)co1. The zero-order chi connectivity index (χ0) is 24.1. The molecule has 3 aromatic rings. The van der Waals surface area contributed by atoms with Crippen molar-refractivity contribution < 1.29 is 18.7 Å². The molecular weight excluding hydrogens is 454 g/mol. The highest BCUT2D eigenvalue weighted by atomic mass is 35.5. The van der Waals surface area contributed by atoms with E-state index in [2.05, 4.69) is 4.98 Å². The van der Waals surface area contributed by atoms with Crippen LogP contribution in [0.3, 0.4) is 0 Å². The van der Waals surface area contributed by atoms with Gasteiger partial charge in [-0.1, -0.05) is 48.0 Å². The van der Waals surface area contributed by atoms with Crippen molar-refractivity contribution in [1.82, 2.24) is 14.8 Å². The summed E-state index contributed by atoms with van der Waals surface area (Å²) in [6.45, 7) is 3.11. The fourth-order valence-corrected chi connectivity index (χ4v) is 4.39. The number of oxazole rings is 1. The zero-order valence-corrected chi connectivity index (χ0v) is 20.1. The van der Waals surface area contributed by atoms with E-state index in [0.29, 0.717) is 42.7 Å². The van der Waals surface area contributed by atoms with E-state index in [-0.39, 0.29) is 36.0 Å². The van der Waals surface area contributed by atoms with Gasteiger partial charge in [0.15, 0.2) is 11.6 Å². The summed E-state index contributed by atoms with van der Waals surface area (Å²) < 4.78 is 11.5. The van der Waals surface area contributed by atoms with Gasteiger partial charge in [0.2, 0.25) is 5.91 Å². The smallest absolute Gasteiger partial charge is 0.275 e. The first-order valence-electron chi connectivity index (χ1n) is 11.3. The second-order valence-electron chi connectivity index (χ2n) is 8.60. The van der Waals surface area contributed by atoms with Gasteiger partial charge in [-0.25, -0.2) is 4.98 Å². The number of amides is 2. The molecule has 0 aliphatic carbocycles. The van der Waals surface area contributed by atoms with Gasteiger partial charge in [0.25, 0.3) is 5.91 Å². The Bertz CT molecular complexity index is 1130. The summed E-state index contributed by atoms with van der Waals surface area (Å²) in [6.07, 6.45) is 2.00. The standard InChI is InChI=1S/C26H28ClN3O4/c1-18-28-23(17-33-18)26(32)30-12-11-24(34-22-10-6-9-21(27)14-22)20(16-30)13-25(31)29(2)15-19-7-4-3-5-8-19/h3-10,14,17,20,24H,11-13,15-16H2,1-2H3/t20-,24-/m0/s1. The van der Waals surface area contributed by atoms with Crippen molar-refractivity contribution in [2.45, 2.75) is 32.4 Å². The molecule has 1 fully saturated rings. The average molecular weight is 482 g/mol. The van der Waals surface area contributed by atoms with Gasteiger partial charge in [0.1, 0.15) is 18.1 Å². The van der Waals surface area contributed by atoms with Gasteiger partial charge >= 0.3 is 0 Å². The minimum atomic E-state index is -0.226. The monoisotopic (exact) mass is 481 g/mol. The number of piperidine rings is 1. The van der Waals surface area contributed by atoms with Gasteiger partial charge in [-0.2, -0.15) is 0 Å². The molecule has 8 heteroatoms. The Hall–Kier alpha value is -3.32. The van der Waals surface area contributed by atoms with Gasteiger partial charge in [-0.3, -0.25) is 9.59 Å². The first kappa shape index (κ1) is 23.8. The Morgan fingerprint density at radius 1 is 1.21 bits per heavy atom. The molecule has 2 amide bonds. The van der Waals surface area contributed by atoms with Crippen LogP contribution in [-0.2, 0) is 11.3 Å². The molecule has 0 saturated carbocycles. The number of aromatic nitrogens is 1. The van der Waals surface area contributed by atoms with Crippen LogP contribution < -0.4 is 4.74 Å². The van der Waals surface area contributed by atoms with Crippen molar-refractivity contribution >= 4 is 23.4 Å². The Balaban J connectivity index is 1.48. The zero-order valence-electron chi connectivity index (χ0n) is 19.3. The molecule has 1 saturated heterocycles. The molecule has 4 rings (SSSR count). The van der Waals surface area contributed by atoms with Gasteiger partial charge in [-0.15, -0.1) is 0 Å². The van der Waals surface area contributed by atoms with E-state index in [0.717, 1.165) is 5.56 Å². The summed E-state index contributed by atoms with van der Waals surface area (Å²) >= 11 is 6.13. The second kappa shape index (κ2) is 10.7. The van der Waals surface area contributed by atoms with Crippen LogP contribution >= 0.6 is 11.6 Å². The number of ether oxygens (including phenoxy) is 1. The number of carbonyl (C=O) groups excluding carboxylic acids is 2. The maximum atomic E-state index is 13.1. The number of benzene rings is 2. The van der Waals surface area contributed by atoms with Crippen LogP contribution in [0.5, 0.6) is 5.75 Å². The van der Waals surface area contributed by atoms with Gasteiger partial charge in [0.05, 0.1) is 0 Å². The van der Waals surface area contributed by atoms with Gasteiger partial charge in [-0.05, 0) is 23.8 Å². The maximum absolute atomic E-state index is 13.1. The molecule has 0 spiro atoms. The molecule has 2 atom stereocenters. The van der Waals surface area contributed by atoms with Crippen molar-refractivity contribution in [3.8, 4) is 5.75 Å². The number of likely N-dealkylation sites (tertiary alicyclic amines) is 1. The Morgan fingerprint density at radius 3 is 2.71 bits per heavy atom. The molecule has 2 heterocycles. The van der Waals surface area contributed by atoms with E-state index in [9.17, 15) is 9.59 Å². The van der Waals surface area contributed by atoms with Crippen LogP contribution in [0.2, 0.25) is 5.02 Å². The summed E-state index contributed by atoms with van der Waals surface area (Å²) in [4.78, 5) is 33.7. The Labute approximate surface area is 204 Å². The third-order valence-electron chi connectivity index (χ3n) is 6.00. The third-order valence-corrected chi connectivity index (χ3v) is 6.23. The van der Waals surface area contributed by atoms with Crippen molar-refractivity contribution in [3.05, 3.63) is 83.0 Å². The van der Waals surface area contributed by atoms with Crippen molar-refractivity contribution in [2.75, 3.05) is 20.1 Å². The number of hydrogen-bond donors (Lipinski definition) is 0. The van der Waals surface area contributed by atoms with E-state index in [1.165, 1.54) is 6.26 Å². The topological polar surface area (TPSA) is 75.9 Å². The summed E-state index contributed by atoms with van der Waals surface area (Å²) in [7, 11) is 1.80. The predicted molar refractivity (Wildman–Crippen MR) is 129 cm³/mol. The molecule has 1 aromatic heterocycles. The number of rotatable bonds is 7. The van der Waals surface area contributed by atoms with Crippen LogP contribution in [0, 0.1) is 12.8 Å². The first-order valence-corrected chi connectivity index (χ1v) is 11.7. The predicted octanol–water partition coefficient (Wildman–Crippen LogP) is 4.59. The number of carbonyl (C=O) groups is 2. The van der Waals surface area contributed by atoms with Crippen molar-refractivity contribution in [3.63, 3.8) is 0 Å². The maximum Gasteiger partial charge on any atom is 0.275 e. The Morgan fingerprint density at radius 2 is 2.00 bits per heavy atom. The van der Waals surface area contributed by atoms with Crippen LogP contribution in [0.15, 0.2) is 65.3 Å². The van der Waals surface area contributed by atoms with E-state index < -0.39 is 0 Å². The molecule has 2 aromatic carbocycles. The molecule has 0 unspecified atom stereocenters. The second-order valence-corrected chi connectivity index (χ2v) is 9.04. The largest absolute Gasteiger partial charge is 0.490 e. The lowest BCUT2D eigenvalue weighted by molar-refractivity contribution is -0.132. The Kier molecular flexibility index (Phi) is 7.53. The normalized spacial score (nSPS) is 17.9. The molecule has 0 bridgehead atoms. The molecule has 34 heavy (non-hydrogen) atoms. The highest BCUT2D eigenvalue weighted by Gasteiger charge is 2.36. The lowest BCUT2D eigenvalue weighted by Crippen LogP contribution is -2.49. The molecule has 0 N–H and O–H groups in total. The minimum absolute atomic E-state index is 0.000117. The van der Waals surface area contributed by atoms with E-state index >= 15 is 0 Å². The minimum Gasteiger partial charge on any atom is -0.490 e. The molecule has 1 aliphatic heterocycles. The number of halogens is 1. The van der Waals surface area contributed by atoms with Crippen LogP contribution in [0.1, 0.15) is 34.8 Å². The van der Waals surface area contributed by atoms with E-state index in [4.69, 9.17) is 20.8 Å². The summed E-state index contributed by atoms with van der Waals surface area (Å²) in [5.41, 5.74) is 1.34. The highest BCUT2D eigenvalue weighted by Crippen LogP contribution is 2.28. The molecule has 178 valence electrons. The lowest BCUT2D eigenvalue weighted by atomic mass is 9.90. The average Bonchev–Trinajstić information content (AvgIpc) is 3.26. The van der Waals surface area contributed by atoms with Crippen LogP contribution in [-0.4, -0.2) is 52.8 Å². The van der Waals surface area contributed by atoms with Gasteiger partial charge in [0, 0.05) is 57.4 Å².